The quantitative estimate of drug-likeness (QED) is 0.790. The number of likely N-dealkylation sites (tertiary alicyclic amines) is 1. The van der Waals surface area contributed by atoms with Crippen LogP contribution in [-0.2, 0) is 17.9 Å². The third-order valence-electron chi connectivity index (χ3n) is 5.22. The van der Waals surface area contributed by atoms with E-state index >= 15 is 0 Å². The summed E-state index contributed by atoms with van der Waals surface area (Å²) in [5.74, 6) is 0.142. The van der Waals surface area contributed by atoms with Gasteiger partial charge in [-0.2, -0.15) is 0 Å². The zero-order valence-corrected chi connectivity index (χ0v) is 17.2. The summed E-state index contributed by atoms with van der Waals surface area (Å²) in [5.41, 5.74) is 2.56. The summed E-state index contributed by atoms with van der Waals surface area (Å²) in [4.78, 5) is 14.7. The van der Waals surface area contributed by atoms with Gasteiger partial charge in [-0.25, -0.2) is 0 Å². The summed E-state index contributed by atoms with van der Waals surface area (Å²) in [6, 6.07) is 8.74. The molecule has 6 heteroatoms. The van der Waals surface area contributed by atoms with E-state index in [1.165, 1.54) is 56.3 Å². The normalized spacial score (nSPS) is 21.0. The zero-order chi connectivity index (χ0) is 16.6. The van der Waals surface area contributed by atoms with Gasteiger partial charge in [-0.05, 0) is 56.4 Å². The van der Waals surface area contributed by atoms with Crippen molar-refractivity contribution in [2.45, 2.75) is 64.1 Å². The van der Waals surface area contributed by atoms with Crippen LogP contribution in [0.25, 0.3) is 0 Å². The summed E-state index contributed by atoms with van der Waals surface area (Å²) in [7, 11) is 0. The Hall–Kier alpha value is -0.810. The van der Waals surface area contributed by atoms with Gasteiger partial charge in [0.25, 0.3) is 0 Å². The van der Waals surface area contributed by atoms with Crippen molar-refractivity contribution in [2.75, 3.05) is 19.6 Å². The summed E-state index contributed by atoms with van der Waals surface area (Å²) in [6.45, 7) is 5.10. The molecule has 2 aliphatic rings. The highest BCUT2D eigenvalue weighted by atomic mass is 35.5. The van der Waals surface area contributed by atoms with E-state index in [-0.39, 0.29) is 36.8 Å². The number of amides is 1. The Morgan fingerprint density at radius 2 is 1.62 bits per heavy atom. The van der Waals surface area contributed by atoms with E-state index in [4.69, 9.17) is 0 Å². The molecule has 0 saturated carbocycles. The minimum absolute atomic E-state index is 0. The summed E-state index contributed by atoms with van der Waals surface area (Å²) < 4.78 is 0. The number of carbonyl (C=O) groups excluding carboxylic acids is 1. The van der Waals surface area contributed by atoms with Gasteiger partial charge >= 0.3 is 0 Å². The third-order valence-corrected chi connectivity index (χ3v) is 5.22. The average molecular weight is 402 g/mol. The molecule has 0 bridgehead atoms. The summed E-state index contributed by atoms with van der Waals surface area (Å²) >= 11 is 0. The lowest BCUT2D eigenvalue weighted by molar-refractivity contribution is -0.123. The molecule has 1 aromatic carbocycles. The highest BCUT2D eigenvalue weighted by Gasteiger charge is 2.19. The van der Waals surface area contributed by atoms with Crippen LogP contribution in [0.5, 0.6) is 0 Å². The molecule has 3 rings (SSSR count). The van der Waals surface area contributed by atoms with Crippen molar-refractivity contribution in [1.82, 2.24) is 15.5 Å². The van der Waals surface area contributed by atoms with Gasteiger partial charge in [-0.1, -0.05) is 43.5 Å². The Bertz CT molecular complexity index is 510. The molecular weight excluding hydrogens is 369 g/mol. The molecule has 2 N–H and O–H groups in total. The lowest BCUT2D eigenvalue weighted by Crippen LogP contribution is -2.46. The lowest BCUT2D eigenvalue weighted by atomic mass is 10.0. The van der Waals surface area contributed by atoms with Crippen LogP contribution in [0, 0.1) is 0 Å². The number of rotatable bonds is 5. The maximum absolute atomic E-state index is 12.2. The van der Waals surface area contributed by atoms with Crippen molar-refractivity contribution in [3.8, 4) is 0 Å². The van der Waals surface area contributed by atoms with Gasteiger partial charge in [-0.15, -0.1) is 24.8 Å². The molecule has 1 amide bonds. The van der Waals surface area contributed by atoms with Crippen molar-refractivity contribution in [3.63, 3.8) is 0 Å². The highest BCUT2D eigenvalue weighted by Crippen LogP contribution is 2.14. The van der Waals surface area contributed by atoms with E-state index in [0.29, 0.717) is 6.54 Å². The number of nitrogens with zero attached hydrogens (tertiary/aromatic N) is 1. The smallest absolute Gasteiger partial charge is 0.237 e. The molecule has 0 aromatic heterocycles. The number of nitrogens with one attached hydrogen (secondary N) is 2. The van der Waals surface area contributed by atoms with Gasteiger partial charge < -0.3 is 10.6 Å². The minimum Gasteiger partial charge on any atom is -0.351 e. The predicted molar refractivity (Wildman–Crippen MR) is 112 cm³/mol. The molecule has 0 unspecified atom stereocenters. The third kappa shape index (κ3) is 7.43. The Kier molecular flexibility index (Phi) is 11.2. The van der Waals surface area contributed by atoms with Crippen LogP contribution in [-0.4, -0.2) is 36.5 Å². The molecule has 0 spiro atoms. The maximum atomic E-state index is 12.2. The van der Waals surface area contributed by atoms with E-state index in [1.807, 2.05) is 0 Å². The first-order valence-corrected chi connectivity index (χ1v) is 9.62. The molecule has 2 saturated heterocycles. The number of piperidine rings is 1. The Labute approximate surface area is 170 Å². The van der Waals surface area contributed by atoms with Crippen LogP contribution >= 0.6 is 24.8 Å². The Morgan fingerprint density at radius 3 is 2.23 bits per heavy atom. The first kappa shape index (κ1) is 23.2. The van der Waals surface area contributed by atoms with Gasteiger partial charge in [0.05, 0.1) is 6.04 Å². The topological polar surface area (TPSA) is 44.4 Å². The molecule has 1 atom stereocenters. The number of carbonyl (C=O) groups is 1. The molecular formula is C20H33Cl2N3O. The molecule has 26 heavy (non-hydrogen) atoms. The Balaban J connectivity index is 0.00000169. The standard InChI is InChI=1S/C20H31N3O.2ClH/c24-20(19-7-3-4-12-21-19)22-15-17-8-10-18(11-9-17)16-23-13-5-1-2-6-14-23;;/h8-11,19,21H,1-7,12-16H2,(H,22,24);2*1H/t19-;;/m1../s1. The number of hydrogen-bond donors (Lipinski definition) is 2. The second-order valence-electron chi connectivity index (χ2n) is 7.23. The van der Waals surface area contributed by atoms with Gasteiger partial charge in [0, 0.05) is 13.1 Å². The number of hydrogen-bond acceptors (Lipinski definition) is 3. The van der Waals surface area contributed by atoms with Crippen molar-refractivity contribution in [2.24, 2.45) is 0 Å². The second kappa shape index (κ2) is 12.6. The van der Waals surface area contributed by atoms with Gasteiger partial charge in [0.15, 0.2) is 0 Å². The van der Waals surface area contributed by atoms with Gasteiger partial charge in [-0.3, -0.25) is 9.69 Å². The molecule has 1 aromatic rings. The first-order chi connectivity index (χ1) is 11.8. The minimum atomic E-state index is 0. The van der Waals surface area contributed by atoms with Crippen LogP contribution in [0.3, 0.4) is 0 Å². The zero-order valence-electron chi connectivity index (χ0n) is 15.5. The summed E-state index contributed by atoms with van der Waals surface area (Å²) in [6.07, 6.45) is 8.72. The number of halogens is 2. The highest BCUT2D eigenvalue weighted by molar-refractivity contribution is 5.85. The first-order valence-electron chi connectivity index (χ1n) is 9.62. The number of benzene rings is 1. The lowest BCUT2D eigenvalue weighted by Gasteiger charge is -2.22. The predicted octanol–water partition coefficient (Wildman–Crippen LogP) is 3.66. The summed E-state index contributed by atoms with van der Waals surface area (Å²) in [5, 5.41) is 6.36. The van der Waals surface area contributed by atoms with E-state index in [2.05, 4.69) is 39.8 Å². The fraction of sp³-hybridized carbons (Fsp3) is 0.650. The van der Waals surface area contributed by atoms with E-state index in [0.717, 1.165) is 25.9 Å². The van der Waals surface area contributed by atoms with Crippen LogP contribution < -0.4 is 10.6 Å². The fourth-order valence-corrected chi connectivity index (χ4v) is 3.70. The van der Waals surface area contributed by atoms with Gasteiger partial charge in [0.1, 0.15) is 0 Å². The largest absolute Gasteiger partial charge is 0.351 e. The van der Waals surface area contributed by atoms with Gasteiger partial charge in [0.2, 0.25) is 5.91 Å². The van der Waals surface area contributed by atoms with Crippen molar-refractivity contribution in [3.05, 3.63) is 35.4 Å². The fourth-order valence-electron chi connectivity index (χ4n) is 3.70. The molecule has 2 fully saturated rings. The van der Waals surface area contributed by atoms with Crippen LogP contribution in [0.1, 0.15) is 56.1 Å². The molecule has 2 aliphatic heterocycles. The van der Waals surface area contributed by atoms with E-state index in [9.17, 15) is 4.79 Å². The SMILES string of the molecule is Cl.Cl.O=C(NCc1ccc(CN2CCCCCC2)cc1)[C@H]1CCCCN1. The second-order valence-corrected chi connectivity index (χ2v) is 7.23. The van der Waals surface area contributed by atoms with Crippen molar-refractivity contribution >= 4 is 30.7 Å². The maximum Gasteiger partial charge on any atom is 0.237 e. The van der Waals surface area contributed by atoms with Crippen LogP contribution in [0.4, 0.5) is 0 Å². The van der Waals surface area contributed by atoms with Crippen molar-refractivity contribution in [1.29, 1.82) is 0 Å². The van der Waals surface area contributed by atoms with Crippen molar-refractivity contribution < 1.29 is 4.79 Å². The molecule has 2 heterocycles. The molecule has 0 aliphatic carbocycles. The average Bonchev–Trinajstić information content (AvgIpc) is 2.90. The molecule has 4 nitrogen and oxygen atoms in total. The van der Waals surface area contributed by atoms with E-state index in [1.54, 1.807) is 0 Å². The van der Waals surface area contributed by atoms with E-state index < -0.39 is 0 Å². The monoisotopic (exact) mass is 401 g/mol. The van der Waals surface area contributed by atoms with Crippen LogP contribution in [0.2, 0.25) is 0 Å². The molecule has 0 radical (unpaired) electrons. The Morgan fingerprint density at radius 1 is 0.962 bits per heavy atom. The van der Waals surface area contributed by atoms with Crippen LogP contribution in [0.15, 0.2) is 24.3 Å². The molecule has 148 valence electrons.